The molecule has 5 rings (SSSR count). The van der Waals surface area contributed by atoms with E-state index in [2.05, 4.69) is 56.1 Å². The van der Waals surface area contributed by atoms with Gasteiger partial charge in [-0.2, -0.15) is 0 Å². The Labute approximate surface area is 201 Å². The van der Waals surface area contributed by atoms with Gasteiger partial charge in [0.1, 0.15) is 9.53 Å². The van der Waals surface area contributed by atoms with Crippen LogP contribution in [0.3, 0.4) is 0 Å². The van der Waals surface area contributed by atoms with Crippen LogP contribution in [0.5, 0.6) is 0 Å². The summed E-state index contributed by atoms with van der Waals surface area (Å²) in [6.45, 7) is 6.99. The third-order valence-corrected chi connectivity index (χ3v) is 8.12. The Morgan fingerprint density at radius 3 is 2.70 bits per heavy atom. The molecule has 0 saturated heterocycles. The fourth-order valence-corrected chi connectivity index (χ4v) is 6.17. The molecule has 0 unspecified atom stereocenters. The first-order valence-corrected chi connectivity index (χ1v) is 12.8. The third kappa shape index (κ3) is 4.33. The highest BCUT2D eigenvalue weighted by molar-refractivity contribution is 7.98. The molecule has 3 heterocycles. The van der Waals surface area contributed by atoms with Gasteiger partial charge >= 0.3 is 0 Å². The van der Waals surface area contributed by atoms with Crippen LogP contribution in [0.25, 0.3) is 20.4 Å². The molecule has 5 aromatic rings. The Morgan fingerprint density at radius 2 is 1.88 bits per heavy atom. The molecule has 2 aromatic carbocycles. The Balaban J connectivity index is 1.61. The van der Waals surface area contributed by atoms with Crippen molar-refractivity contribution in [2.45, 2.75) is 44.1 Å². The van der Waals surface area contributed by atoms with E-state index < -0.39 is 0 Å². The van der Waals surface area contributed by atoms with Crippen LogP contribution >= 0.6 is 23.1 Å². The number of rotatable bonds is 6. The van der Waals surface area contributed by atoms with Gasteiger partial charge in [0.05, 0.1) is 5.52 Å². The number of benzene rings is 2. The van der Waals surface area contributed by atoms with E-state index in [0.717, 1.165) is 26.6 Å². The highest BCUT2D eigenvalue weighted by atomic mass is 32.2. The first-order valence-electron chi connectivity index (χ1n) is 11.0. The molecule has 4 nitrogen and oxygen atoms in total. The number of aromatic nitrogens is 3. The monoisotopic (exact) mass is 471 g/mol. The van der Waals surface area contributed by atoms with Crippen molar-refractivity contribution in [2.75, 3.05) is 0 Å². The van der Waals surface area contributed by atoms with Crippen molar-refractivity contribution in [1.29, 1.82) is 0 Å². The van der Waals surface area contributed by atoms with Crippen molar-refractivity contribution in [3.63, 3.8) is 0 Å². The van der Waals surface area contributed by atoms with Crippen molar-refractivity contribution in [1.82, 2.24) is 14.5 Å². The number of hydrogen-bond acceptors (Lipinski definition) is 5. The van der Waals surface area contributed by atoms with E-state index in [9.17, 15) is 4.79 Å². The maximum absolute atomic E-state index is 13.7. The van der Waals surface area contributed by atoms with E-state index >= 15 is 0 Å². The summed E-state index contributed by atoms with van der Waals surface area (Å²) in [6, 6.07) is 20.8. The van der Waals surface area contributed by atoms with Gasteiger partial charge in [-0.25, -0.2) is 9.97 Å². The summed E-state index contributed by atoms with van der Waals surface area (Å²) in [7, 11) is 0. The number of thioether (sulfide) groups is 1. The number of aryl methyl sites for hydroxylation is 2. The molecule has 3 aromatic heterocycles. The molecule has 0 saturated carbocycles. The molecular formula is C27H25N3OS2. The second-order valence-corrected chi connectivity index (χ2v) is 10.4. The lowest BCUT2D eigenvalue weighted by Crippen LogP contribution is -2.25. The molecule has 166 valence electrons. The third-order valence-electron chi connectivity index (χ3n) is 6.00. The largest absolute Gasteiger partial charge is 0.286 e. The fraction of sp³-hybridized carbons (Fsp3) is 0.222. The summed E-state index contributed by atoms with van der Waals surface area (Å²) in [5.74, 6) is 0.960. The highest BCUT2D eigenvalue weighted by Crippen LogP contribution is 2.32. The zero-order valence-electron chi connectivity index (χ0n) is 18.9. The van der Waals surface area contributed by atoms with Gasteiger partial charge < -0.3 is 0 Å². The van der Waals surface area contributed by atoms with Crippen LogP contribution < -0.4 is 5.56 Å². The molecule has 0 radical (unpaired) electrons. The molecule has 33 heavy (non-hydrogen) atoms. The van der Waals surface area contributed by atoms with Crippen molar-refractivity contribution in [3.05, 3.63) is 99.5 Å². The second kappa shape index (κ2) is 9.12. The quantitative estimate of drug-likeness (QED) is 0.204. The smallest absolute Gasteiger partial charge is 0.272 e. The minimum Gasteiger partial charge on any atom is -0.286 e. The van der Waals surface area contributed by atoms with Gasteiger partial charge in [0.2, 0.25) is 0 Å². The molecule has 0 aliphatic rings. The number of hydrogen-bond donors (Lipinski definition) is 0. The van der Waals surface area contributed by atoms with Crippen molar-refractivity contribution < 1.29 is 0 Å². The fourth-order valence-electron chi connectivity index (χ4n) is 4.07. The lowest BCUT2D eigenvalue weighted by molar-refractivity contribution is 0.532. The normalized spacial score (nSPS) is 12.5. The van der Waals surface area contributed by atoms with Gasteiger partial charge in [0.15, 0.2) is 5.16 Å². The van der Waals surface area contributed by atoms with Crippen LogP contribution in [-0.2, 0) is 12.3 Å². The van der Waals surface area contributed by atoms with Gasteiger partial charge in [0, 0.05) is 23.9 Å². The molecule has 0 N–H and O–H groups in total. The number of thiophene rings is 1. The average Bonchev–Trinajstić information content (AvgIpc) is 3.21. The van der Waals surface area contributed by atoms with Crippen molar-refractivity contribution in [2.24, 2.45) is 0 Å². The van der Waals surface area contributed by atoms with Crippen LogP contribution in [0.2, 0.25) is 0 Å². The maximum atomic E-state index is 13.7. The molecule has 0 spiro atoms. The lowest BCUT2D eigenvalue weighted by Gasteiger charge is -2.17. The Kier molecular flexibility index (Phi) is 6.04. The van der Waals surface area contributed by atoms with Gasteiger partial charge in [-0.1, -0.05) is 72.8 Å². The molecule has 6 heteroatoms. The molecule has 0 bridgehead atoms. The zero-order valence-corrected chi connectivity index (χ0v) is 20.5. The summed E-state index contributed by atoms with van der Waals surface area (Å²) in [5.41, 5.74) is 5.77. The van der Waals surface area contributed by atoms with Gasteiger partial charge in [-0.05, 0) is 48.6 Å². The zero-order chi connectivity index (χ0) is 22.9. The summed E-state index contributed by atoms with van der Waals surface area (Å²) < 4.78 is 2.55. The first kappa shape index (κ1) is 21.9. The van der Waals surface area contributed by atoms with Gasteiger partial charge in [-0.15, -0.1) is 11.3 Å². The number of pyridine rings is 1. The summed E-state index contributed by atoms with van der Waals surface area (Å²) in [5, 5.41) is 1.71. The van der Waals surface area contributed by atoms with E-state index in [1.807, 2.05) is 34.9 Å². The minimum absolute atomic E-state index is 0.0224. The molecule has 0 fully saturated rings. The number of nitrogens with zero attached hydrogens (tertiary/aromatic N) is 3. The Hall–Kier alpha value is -2.96. The maximum Gasteiger partial charge on any atom is 0.272 e. The molecular weight excluding hydrogens is 446 g/mol. The van der Waals surface area contributed by atoms with E-state index in [4.69, 9.17) is 4.98 Å². The van der Waals surface area contributed by atoms with Gasteiger partial charge in [-0.3, -0.25) is 9.36 Å². The van der Waals surface area contributed by atoms with Crippen LogP contribution in [0.1, 0.15) is 35.1 Å². The van der Waals surface area contributed by atoms with E-state index in [-0.39, 0.29) is 11.5 Å². The molecule has 0 aliphatic heterocycles. The Bertz CT molecular complexity index is 1510. The van der Waals surface area contributed by atoms with Gasteiger partial charge in [0.25, 0.3) is 5.56 Å². The number of fused-ring (bicyclic) bond motifs is 3. The lowest BCUT2D eigenvalue weighted by atomic mass is 10.0. The van der Waals surface area contributed by atoms with E-state index in [1.54, 1.807) is 18.0 Å². The summed E-state index contributed by atoms with van der Waals surface area (Å²) >= 11 is 3.07. The molecule has 0 amide bonds. The molecule has 1 atom stereocenters. The van der Waals surface area contributed by atoms with Crippen molar-refractivity contribution >= 4 is 43.5 Å². The van der Waals surface area contributed by atoms with Crippen LogP contribution in [0.15, 0.2) is 76.8 Å². The Morgan fingerprint density at radius 1 is 1.06 bits per heavy atom. The average molecular weight is 472 g/mol. The van der Waals surface area contributed by atoms with Crippen LogP contribution in [0, 0.1) is 13.8 Å². The van der Waals surface area contributed by atoms with Crippen molar-refractivity contribution in [3.8, 4) is 0 Å². The summed E-state index contributed by atoms with van der Waals surface area (Å²) in [6.07, 6.45) is 1.77. The minimum atomic E-state index is 0.0224. The predicted molar refractivity (Wildman–Crippen MR) is 140 cm³/mol. The highest BCUT2D eigenvalue weighted by Gasteiger charge is 2.19. The first-order chi connectivity index (χ1) is 16.0. The standard InChI is InChI=1S/C27H25N3OS2/c1-17-11-12-18(2)21(14-17)16-32-27-29-23-22-10-7-13-28-25(22)33-24(23)26(31)30(27)15-19(3)20-8-5-4-6-9-20/h4-14,19H,15-16H2,1-3H3/t19-/m1/s1. The topological polar surface area (TPSA) is 47.8 Å². The predicted octanol–water partition coefficient (Wildman–Crippen LogP) is 6.72. The summed E-state index contributed by atoms with van der Waals surface area (Å²) in [4.78, 5) is 24.1. The molecule has 0 aliphatic carbocycles. The van der Waals surface area contributed by atoms with Crippen LogP contribution in [-0.4, -0.2) is 14.5 Å². The second-order valence-electron chi connectivity index (χ2n) is 8.48. The SMILES string of the molecule is Cc1ccc(C)c(CSc2nc3c(sc4ncccc43)c(=O)n2C[C@@H](C)c2ccccc2)c1. The van der Waals surface area contributed by atoms with Crippen LogP contribution in [0.4, 0.5) is 0 Å². The van der Waals surface area contributed by atoms with E-state index in [1.165, 1.54) is 33.6 Å². The van der Waals surface area contributed by atoms with E-state index in [0.29, 0.717) is 11.2 Å².